The fourth-order valence-corrected chi connectivity index (χ4v) is 9.60. The molecule has 0 radical (unpaired) electrons. The molecule has 6 aromatic rings. The molecule has 1 aliphatic heterocycles. The van der Waals surface area contributed by atoms with Crippen LogP contribution in [-0.4, -0.2) is 147 Å². The number of nitrogens with zero attached hydrogens (tertiary/aromatic N) is 7. The molecule has 5 amide bonds. The molecule has 3 aromatic heterocycles. The Morgan fingerprint density at radius 2 is 1.53 bits per heavy atom. The summed E-state index contributed by atoms with van der Waals surface area (Å²) in [6.07, 6.45) is 4.04. The average molecular weight is 1130 g/mol. The maximum Gasteiger partial charge on any atom is 0.251 e. The molecule has 1 saturated heterocycles. The van der Waals surface area contributed by atoms with Gasteiger partial charge in [-0.15, -0.1) is 21.5 Å². The smallest absolute Gasteiger partial charge is 0.251 e. The molecule has 3 aromatic carbocycles. The van der Waals surface area contributed by atoms with E-state index in [1.54, 1.807) is 35.7 Å². The van der Waals surface area contributed by atoms with Crippen LogP contribution in [0, 0.1) is 12.3 Å². The molecule has 4 heterocycles. The van der Waals surface area contributed by atoms with Gasteiger partial charge in [0.05, 0.1) is 75.0 Å². The average Bonchev–Trinajstić information content (AvgIpc) is 4.41. The van der Waals surface area contributed by atoms with E-state index in [-0.39, 0.29) is 69.4 Å². The van der Waals surface area contributed by atoms with E-state index in [9.17, 15) is 29.1 Å². The van der Waals surface area contributed by atoms with Gasteiger partial charge in [0.1, 0.15) is 29.9 Å². The fraction of sp³-hybridized carbons (Fsp3) is 0.448. The van der Waals surface area contributed by atoms with Crippen LogP contribution < -0.4 is 31.3 Å². The third-order valence-electron chi connectivity index (χ3n) is 13.3. The van der Waals surface area contributed by atoms with Crippen LogP contribution in [0.3, 0.4) is 0 Å². The lowest BCUT2D eigenvalue weighted by molar-refractivity contribution is -0.144. The molecule has 1 aliphatic rings. The Bertz CT molecular complexity index is 2990. The molecule has 0 spiro atoms. The van der Waals surface area contributed by atoms with Crippen LogP contribution in [-0.2, 0) is 60.1 Å². The first-order valence-electron chi connectivity index (χ1n) is 27.2. The number of hydrogen-bond acceptors (Lipinski definition) is 17. The van der Waals surface area contributed by atoms with Crippen LogP contribution in [0.5, 0.6) is 5.75 Å². The highest BCUT2D eigenvalue weighted by Crippen LogP contribution is 2.29. The van der Waals surface area contributed by atoms with Crippen molar-refractivity contribution in [3.63, 3.8) is 0 Å². The van der Waals surface area contributed by atoms with Gasteiger partial charge in [-0.3, -0.25) is 24.0 Å². The second-order valence-electron chi connectivity index (χ2n) is 20.5. The Hall–Kier alpha value is -7.70. The van der Waals surface area contributed by atoms with Crippen molar-refractivity contribution in [1.82, 2.24) is 55.9 Å². The van der Waals surface area contributed by atoms with Crippen molar-refractivity contribution in [2.24, 2.45) is 12.5 Å². The number of thiazole rings is 1. The van der Waals surface area contributed by atoms with Crippen LogP contribution in [0.4, 0.5) is 5.69 Å². The van der Waals surface area contributed by atoms with E-state index < -0.39 is 29.5 Å². The van der Waals surface area contributed by atoms with Gasteiger partial charge in [-0.1, -0.05) is 63.2 Å². The molecule has 0 aliphatic carbocycles. The Morgan fingerprint density at radius 1 is 0.778 bits per heavy atom. The minimum Gasteiger partial charge on any atom is -0.494 e. The van der Waals surface area contributed by atoms with Crippen LogP contribution in [0.2, 0.25) is 0 Å². The van der Waals surface area contributed by atoms with Gasteiger partial charge in [0.15, 0.2) is 11.6 Å². The summed E-state index contributed by atoms with van der Waals surface area (Å²) < 4.78 is 24.6. The number of unbranched alkanes of at least 4 members (excludes halogenated alkanes) is 1. The van der Waals surface area contributed by atoms with Crippen molar-refractivity contribution >= 4 is 46.6 Å². The van der Waals surface area contributed by atoms with Gasteiger partial charge in [-0.2, -0.15) is 0 Å². The van der Waals surface area contributed by atoms with Crippen LogP contribution in [0.15, 0.2) is 96.9 Å². The SMILES string of the molecule is Cc1ncsc1-c1ccc(CNC(=O)[C@@H]2C[C@@H](O)CN2C(=O)[C@@H](NC(=O)CCOCCOCCOCCNC(=O)CCCCOc2cccc(CNC(=O)c3cccc(NCc4nnc(-c5ccncn5)n4C)c3)c2)C(C)(C)C)cc1. The van der Waals surface area contributed by atoms with Crippen molar-refractivity contribution in [2.45, 2.75) is 97.6 Å². The lowest BCUT2D eigenvalue weighted by Gasteiger charge is -2.35. The second-order valence-corrected chi connectivity index (χ2v) is 21.4. The third-order valence-corrected chi connectivity index (χ3v) is 14.2. The summed E-state index contributed by atoms with van der Waals surface area (Å²) in [5.41, 5.74) is 6.84. The summed E-state index contributed by atoms with van der Waals surface area (Å²) in [7, 11) is 1.87. The molecule has 3 atom stereocenters. The molecule has 0 bridgehead atoms. The van der Waals surface area contributed by atoms with Crippen molar-refractivity contribution < 1.29 is 48.0 Å². The number of aromatic nitrogens is 6. The molecule has 81 heavy (non-hydrogen) atoms. The molecular formula is C58H74N12O10S. The molecular weight excluding hydrogens is 1060 g/mol. The number of aryl methyl sites for hydroxylation is 1. The number of β-amino-alcohol motifs (C(OH)–C–C–N with tert-alkyl or cyclic N) is 1. The topological polar surface area (TPSA) is 275 Å². The lowest BCUT2D eigenvalue weighted by atomic mass is 9.85. The normalized spacial score (nSPS) is 14.5. The number of nitrogens with one attached hydrogen (secondary N) is 5. The number of aliphatic hydroxyl groups excluding tert-OH is 1. The Kier molecular flexibility index (Phi) is 23.1. The number of aliphatic hydroxyl groups is 1. The number of amides is 5. The van der Waals surface area contributed by atoms with E-state index in [0.717, 1.165) is 32.9 Å². The Labute approximate surface area is 476 Å². The summed E-state index contributed by atoms with van der Waals surface area (Å²) >= 11 is 1.57. The predicted octanol–water partition coefficient (Wildman–Crippen LogP) is 5.16. The van der Waals surface area contributed by atoms with Crippen molar-refractivity contribution in [1.29, 1.82) is 0 Å². The number of rotatable bonds is 31. The summed E-state index contributed by atoms with van der Waals surface area (Å²) in [5, 5.41) is 34.0. The lowest BCUT2D eigenvalue weighted by Crippen LogP contribution is -2.57. The molecule has 23 heteroatoms. The van der Waals surface area contributed by atoms with E-state index >= 15 is 0 Å². The van der Waals surface area contributed by atoms with E-state index in [1.807, 2.05) is 105 Å². The number of benzene rings is 3. The highest BCUT2D eigenvalue weighted by molar-refractivity contribution is 7.13. The zero-order valence-electron chi connectivity index (χ0n) is 46.7. The number of likely N-dealkylation sites (tertiary alicyclic amines) is 1. The molecule has 432 valence electrons. The van der Waals surface area contributed by atoms with E-state index in [2.05, 4.69) is 51.7 Å². The summed E-state index contributed by atoms with van der Waals surface area (Å²) in [4.78, 5) is 80.9. The first kappa shape index (κ1) is 60.9. The minimum atomic E-state index is -0.944. The van der Waals surface area contributed by atoms with Gasteiger partial charge in [0, 0.05) is 69.9 Å². The summed E-state index contributed by atoms with van der Waals surface area (Å²) in [6, 6.07) is 22.6. The number of hydrogen-bond donors (Lipinski definition) is 6. The standard InChI is InChI=1S/C58H74N12O10S/c1-39-52(81-38-65-39)42-17-15-40(16-18-42)33-63-56(75)48-32-45(71)36-70(48)57(76)53(58(2,3)4)66-51(73)20-24-77-26-28-79-29-27-78-25-22-60-50(72)14-6-7-23-80-46-13-8-10-41(30-46)34-62-55(74)43-11-9-12-44(31-43)61-35-49-67-68-54(69(49)5)47-19-21-59-37-64-47/h8-13,15-19,21,30-31,37-38,45,48,53,61,71H,6-7,14,20,22-29,32-36H2,1-5H3,(H,60,72)(H,62,74)(H,63,75)(H,66,73)/t45-,48+,53-/m1/s1. The van der Waals surface area contributed by atoms with Crippen molar-refractivity contribution in [3.05, 3.63) is 125 Å². The third kappa shape index (κ3) is 19.0. The van der Waals surface area contributed by atoms with Crippen molar-refractivity contribution in [3.8, 4) is 27.7 Å². The molecule has 1 fully saturated rings. The van der Waals surface area contributed by atoms with Gasteiger partial charge in [-0.25, -0.2) is 15.0 Å². The van der Waals surface area contributed by atoms with Gasteiger partial charge in [-0.05, 0) is 78.3 Å². The quantitative estimate of drug-likeness (QED) is 0.0307. The van der Waals surface area contributed by atoms with Gasteiger partial charge in [0.25, 0.3) is 5.91 Å². The first-order valence-corrected chi connectivity index (χ1v) is 28.0. The predicted molar refractivity (Wildman–Crippen MR) is 304 cm³/mol. The van der Waals surface area contributed by atoms with E-state index in [0.29, 0.717) is 94.0 Å². The van der Waals surface area contributed by atoms with E-state index in [4.69, 9.17) is 18.9 Å². The van der Waals surface area contributed by atoms with Crippen LogP contribution >= 0.6 is 11.3 Å². The molecule has 6 N–H and O–H groups in total. The first-order chi connectivity index (χ1) is 39.1. The maximum absolute atomic E-state index is 14.0. The molecule has 0 unspecified atom stereocenters. The largest absolute Gasteiger partial charge is 0.494 e. The number of carbonyl (C=O) groups excluding carboxylic acids is 5. The van der Waals surface area contributed by atoms with E-state index in [1.165, 1.54) is 11.2 Å². The second kappa shape index (κ2) is 30.8. The Balaban J connectivity index is 0.679. The highest BCUT2D eigenvalue weighted by atomic mass is 32.1. The monoisotopic (exact) mass is 1130 g/mol. The molecule has 0 saturated carbocycles. The maximum atomic E-state index is 14.0. The van der Waals surface area contributed by atoms with Gasteiger partial charge >= 0.3 is 0 Å². The number of carbonyl (C=O) groups is 5. The van der Waals surface area contributed by atoms with Gasteiger partial charge in [0.2, 0.25) is 23.6 Å². The van der Waals surface area contributed by atoms with Gasteiger partial charge < -0.3 is 60.1 Å². The van der Waals surface area contributed by atoms with Crippen molar-refractivity contribution in [2.75, 3.05) is 64.7 Å². The molecule has 7 rings (SSSR count). The highest BCUT2D eigenvalue weighted by Gasteiger charge is 2.44. The van der Waals surface area contributed by atoms with Crippen LogP contribution in [0.25, 0.3) is 22.0 Å². The number of anilines is 1. The summed E-state index contributed by atoms with van der Waals surface area (Å²) in [5.74, 6) is 0.537. The van der Waals surface area contributed by atoms with Crippen LogP contribution in [0.1, 0.15) is 85.9 Å². The number of ether oxygens (including phenoxy) is 4. The fourth-order valence-electron chi connectivity index (χ4n) is 8.79. The summed E-state index contributed by atoms with van der Waals surface area (Å²) in [6.45, 7) is 10.8. The zero-order chi connectivity index (χ0) is 57.6. The Morgan fingerprint density at radius 3 is 2.27 bits per heavy atom. The minimum absolute atomic E-state index is 0.00876. The molecule has 22 nitrogen and oxygen atoms in total. The zero-order valence-corrected chi connectivity index (χ0v) is 47.5.